The molecule has 2 fully saturated rings. The first-order valence-corrected chi connectivity index (χ1v) is 11.7. The molecule has 2 aliphatic rings. The number of likely N-dealkylation sites (tertiary alicyclic amines) is 2. The summed E-state index contributed by atoms with van der Waals surface area (Å²) in [6, 6.07) is 0. The summed E-state index contributed by atoms with van der Waals surface area (Å²) in [5.74, 6) is 2.62. The molecule has 0 bridgehead atoms. The molecule has 0 aromatic rings. The van der Waals surface area contributed by atoms with E-state index in [4.69, 9.17) is 0 Å². The Hall–Kier alpha value is 1.44. The standard InChI is InChI=1S/C14H27N2S2.Sb/c1-3-7-15(8-4-1)11-13-17-18-14-12-16-9-5-2-6-10-16;/h1H,2-14H2;. The fraction of sp³-hybridized carbons (Fsp3) is 1.00. The molecular formula is C14H27N2S2Sb. The Balaban J connectivity index is 1.39. The number of rotatable bonds is 7. The zero-order valence-corrected chi connectivity index (χ0v) is 16.1. The Bertz CT molecular complexity index is 229. The summed E-state index contributed by atoms with van der Waals surface area (Å²) >= 11 is 2.04. The van der Waals surface area contributed by atoms with Crippen molar-refractivity contribution in [1.29, 1.82) is 0 Å². The topological polar surface area (TPSA) is 6.48 Å². The van der Waals surface area contributed by atoms with E-state index in [0.717, 1.165) is 3.86 Å². The number of hydrogen-bond donors (Lipinski definition) is 0. The first-order chi connectivity index (χ1) is 9.34. The van der Waals surface area contributed by atoms with Crippen LogP contribution in [0.1, 0.15) is 32.1 Å². The molecule has 0 saturated carbocycles. The summed E-state index contributed by atoms with van der Waals surface area (Å²) in [5, 5.41) is 0. The third-order valence-electron chi connectivity index (χ3n) is 4.07. The fourth-order valence-corrected chi connectivity index (χ4v) is 5.49. The molecule has 0 atom stereocenters. The third-order valence-corrected chi connectivity index (χ3v) is 7.91. The molecule has 110 valence electrons. The minimum absolute atomic E-state index is 1.01. The summed E-state index contributed by atoms with van der Waals surface area (Å²) in [6.07, 6.45) is 7.16. The van der Waals surface area contributed by atoms with E-state index in [1.807, 2.05) is 23.0 Å². The third kappa shape index (κ3) is 7.31. The van der Waals surface area contributed by atoms with Gasteiger partial charge in [0, 0.05) is 0 Å². The van der Waals surface area contributed by atoms with E-state index in [0.29, 0.717) is 0 Å². The van der Waals surface area contributed by atoms with Crippen LogP contribution >= 0.6 is 21.6 Å². The predicted octanol–water partition coefficient (Wildman–Crippen LogP) is 2.91. The maximum atomic E-state index is 2.66. The molecule has 0 aliphatic carbocycles. The molecule has 2 radical (unpaired) electrons. The zero-order valence-electron chi connectivity index (χ0n) is 11.9. The maximum absolute atomic E-state index is 2.66. The van der Waals surface area contributed by atoms with Gasteiger partial charge in [-0.3, -0.25) is 0 Å². The molecule has 2 aliphatic heterocycles. The molecule has 0 unspecified atom stereocenters. The van der Waals surface area contributed by atoms with Crippen molar-refractivity contribution in [2.45, 2.75) is 36.0 Å². The van der Waals surface area contributed by atoms with Gasteiger partial charge < -0.3 is 0 Å². The van der Waals surface area contributed by atoms with E-state index in [1.165, 1.54) is 82.9 Å². The predicted molar refractivity (Wildman–Crippen MR) is 90.4 cm³/mol. The Morgan fingerprint density at radius 2 is 1.32 bits per heavy atom. The van der Waals surface area contributed by atoms with E-state index in [-0.39, 0.29) is 0 Å². The average Bonchev–Trinajstić information content (AvgIpc) is 2.46. The van der Waals surface area contributed by atoms with Crippen molar-refractivity contribution in [3.8, 4) is 0 Å². The van der Waals surface area contributed by atoms with Crippen LogP contribution in [0.3, 0.4) is 0 Å². The van der Waals surface area contributed by atoms with E-state index < -0.39 is 0 Å². The number of nitrogens with zero attached hydrogens (tertiary/aromatic N) is 2. The molecule has 2 nitrogen and oxygen atoms in total. The van der Waals surface area contributed by atoms with Crippen molar-refractivity contribution in [2.75, 3.05) is 50.8 Å². The van der Waals surface area contributed by atoms with Crippen molar-refractivity contribution in [3.05, 3.63) is 0 Å². The van der Waals surface area contributed by atoms with Crippen LogP contribution in [0, 0.1) is 0 Å². The van der Waals surface area contributed by atoms with Gasteiger partial charge in [-0.1, -0.05) is 6.42 Å². The van der Waals surface area contributed by atoms with Gasteiger partial charge in [-0.15, -0.1) is 0 Å². The summed E-state index contributed by atoms with van der Waals surface area (Å²) in [7, 11) is 4.17. The number of hydrogen-bond acceptors (Lipinski definition) is 4. The molecule has 0 amide bonds. The molecule has 0 aromatic carbocycles. The molecule has 0 aromatic heterocycles. The van der Waals surface area contributed by atoms with Crippen LogP contribution in [0.15, 0.2) is 0 Å². The van der Waals surface area contributed by atoms with Gasteiger partial charge in [0.05, 0.1) is 0 Å². The second-order valence-corrected chi connectivity index (χ2v) is 10.4. The van der Waals surface area contributed by atoms with Crippen molar-refractivity contribution < 1.29 is 0 Å². The van der Waals surface area contributed by atoms with Gasteiger partial charge in [0.15, 0.2) is 0 Å². The zero-order chi connectivity index (χ0) is 13.3. The van der Waals surface area contributed by atoms with E-state index in [2.05, 4.69) is 31.4 Å². The second kappa shape index (κ2) is 10.2. The van der Waals surface area contributed by atoms with Crippen LogP contribution in [0.4, 0.5) is 0 Å². The molecular weight excluding hydrogens is 382 g/mol. The van der Waals surface area contributed by atoms with Crippen molar-refractivity contribution in [3.63, 3.8) is 0 Å². The minimum atomic E-state index is 1.01. The van der Waals surface area contributed by atoms with Crippen molar-refractivity contribution in [1.82, 2.24) is 9.80 Å². The van der Waals surface area contributed by atoms with Gasteiger partial charge in [-0.05, 0) is 12.8 Å². The van der Waals surface area contributed by atoms with Crippen LogP contribution < -0.4 is 0 Å². The van der Waals surface area contributed by atoms with E-state index >= 15 is 0 Å². The molecule has 0 N–H and O–H groups in total. The fourth-order valence-electron chi connectivity index (χ4n) is 2.78. The van der Waals surface area contributed by atoms with Crippen LogP contribution in [-0.2, 0) is 0 Å². The second-order valence-electron chi connectivity index (χ2n) is 5.62. The van der Waals surface area contributed by atoms with Gasteiger partial charge >= 0.3 is 122 Å². The Morgan fingerprint density at radius 1 is 0.789 bits per heavy atom. The Morgan fingerprint density at radius 3 is 1.89 bits per heavy atom. The van der Waals surface area contributed by atoms with Gasteiger partial charge in [0.2, 0.25) is 0 Å². The Labute approximate surface area is 140 Å². The van der Waals surface area contributed by atoms with Crippen LogP contribution in [0.2, 0.25) is 3.86 Å². The van der Waals surface area contributed by atoms with Crippen molar-refractivity contribution >= 4 is 44.6 Å². The Kier molecular flexibility index (Phi) is 9.03. The van der Waals surface area contributed by atoms with Gasteiger partial charge in [0.25, 0.3) is 0 Å². The van der Waals surface area contributed by atoms with Gasteiger partial charge in [-0.25, -0.2) is 0 Å². The number of piperidine rings is 2. The molecule has 2 heterocycles. The van der Waals surface area contributed by atoms with Crippen LogP contribution in [0.25, 0.3) is 0 Å². The SMILES string of the molecule is [Sb][CH]1CCN(CCSSCCN2CCCCC2)CC1. The van der Waals surface area contributed by atoms with Crippen LogP contribution in [0.5, 0.6) is 0 Å². The summed E-state index contributed by atoms with van der Waals surface area (Å²) in [5.41, 5.74) is 0. The normalized spacial score (nSPS) is 23.8. The summed E-state index contributed by atoms with van der Waals surface area (Å²) in [6.45, 7) is 7.99. The summed E-state index contributed by atoms with van der Waals surface area (Å²) < 4.78 is 1.01. The molecule has 2 saturated heterocycles. The monoisotopic (exact) mass is 408 g/mol. The van der Waals surface area contributed by atoms with Crippen LogP contribution in [-0.4, -0.2) is 83.6 Å². The first-order valence-electron chi connectivity index (χ1n) is 7.72. The first kappa shape index (κ1) is 16.8. The van der Waals surface area contributed by atoms with E-state index in [1.54, 1.807) is 0 Å². The molecule has 19 heavy (non-hydrogen) atoms. The van der Waals surface area contributed by atoms with E-state index in [9.17, 15) is 0 Å². The molecule has 0 spiro atoms. The molecule has 5 heteroatoms. The van der Waals surface area contributed by atoms with Gasteiger partial charge in [-0.2, -0.15) is 0 Å². The van der Waals surface area contributed by atoms with Gasteiger partial charge in [0.1, 0.15) is 0 Å². The quantitative estimate of drug-likeness (QED) is 0.362. The molecule has 2 rings (SSSR count). The van der Waals surface area contributed by atoms with Crippen molar-refractivity contribution in [2.24, 2.45) is 0 Å². The average molecular weight is 409 g/mol. The summed E-state index contributed by atoms with van der Waals surface area (Å²) in [4.78, 5) is 5.30.